The summed E-state index contributed by atoms with van der Waals surface area (Å²) >= 11 is 0. The molecule has 1 aromatic rings. The Bertz CT molecular complexity index is 473. The molecule has 1 saturated heterocycles. The van der Waals surface area contributed by atoms with Gasteiger partial charge in [0, 0.05) is 25.2 Å². The molecular weight excluding hydrogens is 403 g/mol. The van der Waals surface area contributed by atoms with Crippen molar-refractivity contribution in [3.8, 4) is 0 Å². The van der Waals surface area contributed by atoms with Crippen molar-refractivity contribution in [2.75, 3.05) is 39.4 Å². The lowest BCUT2D eigenvalue weighted by atomic mass is 10.0. The SMILES string of the molecule is CC(C)(CN=C(N)NCCc1ccccc1)N1CCOCC1.I. The van der Waals surface area contributed by atoms with Crippen molar-refractivity contribution >= 4 is 29.9 Å². The zero-order chi connectivity index (χ0) is 15.8. The Kier molecular flexibility index (Phi) is 8.86. The minimum Gasteiger partial charge on any atom is -0.379 e. The molecule has 0 aromatic heterocycles. The summed E-state index contributed by atoms with van der Waals surface area (Å²) in [4.78, 5) is 6.92. The molecule has 1 heterocycles. The number of ether oxygens (including phenoxy) is 1. The quantitative estimate of drug-likeness (QED) is 0.409. The van der Waals surface area contributed by atoms with Gasteiger partial charge in [0.15, 0.2) is 5.96 Å². The molecule has 6 heteroatoms. The summed E-state index contributed by atoms with van der Waals surface area (Å²) in [7, 11) is 0. The lowest BCUT2D eigenvalue weighted by Gasteiger charge is -2.39. The first kappa shape index (κ1) is 20.2. The summed E-state index contributed by atoms with van der Waals surface area (Å²) < 4.78 is 5.40. The summed E-state index contributed by atoms with van der Waals surface area (Å²) in [6.07, 6.45) is 0.948. The van der Waals surface area contributed by atoms with Crippen LogP contribution in [-0.2, 0) is 11.2 Å². The normalized spacial score (nSPS) is 16.7. The van der Waals surface area contributed by atoms with E-state index in [0.717, 1.165) is 39.3 Å². The number of guanidine groups is 1. The highest BCUT2D eigenvalue weighted by atomic mass is 127. The number of aliphatic imine (C=N–C) groups is 1. The van der Waals surface area contributed by atoms with Crippen molar-refractivity contribution in [3.63, 3.8) is 0 Å². The third kappa shape index (κ3) is 7.05. The predicted molar refractivity (Wildman–Crippen MR) is 107 cm³/mol. The van der Waals surface area contributed by atoms with E-state index in [1.54, 1.807) is 0 Å². The Hall–Kier alpha value is -0.860. The molecule has 0 saturated carbocycles. The average molecular weight is 432 g/mol. The number of nitrogens with one attached hydrogen (secondary N) is 1. The Morgan fingerprint density at radius 3 is 2.57 bits per heavy atom. The van der Waals surface area contributed by atoms with Crippen molar-refractivity contribution in [1.29, 1.82) is 0 Å². The summed E-state index contributed by atoms with van der Waals surface area (Å²) in [5, 5.41) is 3.19. The fourth-order valence-electron chi connectivity index (χ4n) is 2.58. The molecule has 1 aliphatic heterocycles. The summed E-state index contributed by atoms with van der Waals surface area (Å²) in [5.74, 6) is 0.525. The van der Waals surface area contributed by atoms with Crippen LogP contribution < -0.4 is 11.1 Å². The van der Waals surface area contributed by atoms with Crippen molar-refractivity contribution in [2.45, 2.75) is 25.8 Å². The fraction of sp³-hybridized carbons (Fsp3) is 0.588. The van der Waals surface area contributed by atoms with Gasteiger partial charge in [-0.2, -0.15) is 0 Å². The lowest BCUT2D eigenvalue weighted by Crippen LogP contribution is -2.52. The van der Waals surface area contributed by atoms with Gasteiger partial charge >= 0.3 is 0 Å². The number of nitrogens with two attached hydrogens (primary N) is 1. The van der Waals surface area contributed by atoms with Gasteiger partial charge in [-0.3, -0.25) is 9.89 Å². The number of morpholine rings is 1. The number of hydrogen-bond donors (Lipinski definition) is 2. The lowest BCUT2D eigenvalue weighted by molar-refractivity contribution is -0.00682. The van der Waals surface area contributed by atoms with E-state index < -0.39 is 0 Å². The number of nitrogens with zero attached hydrogens (tertiary/aromatic N) is 2. The average Bonchev–Trinajstić information content (AvgIpc) is 2.55. The van der Waals surface area contributed by atoms with Crippen molar-refractivity contribution < 1.29 is 4.74 Å². The molecule has 0 bridgehead atoms. The Balaban J connectivity index is 0.00000264. The molecule has 0 unspecified atom stereocenters. The van der Waals surface area contributed by atoms with E-state index in [0.29, 0.717) is 12.5 Å². The van der Waals surface area contributed by atoms with E-state index in [4.69, 9.17) is 10.5 Å². The molecule has 1 aromatic carbocycles. The molecule has 0 atom stereocenters. The van der Waals surface area contributed by atoms with Crippen LogP contribution in [0.4, 0.5) is 0 Å². The largest absolute Gasteiger partial charge is 0.379 e. The maximum Gasteiger partial charge on any atom is 0.188 e. The van der Waals surface area contributed by atoms with Crippen LogP contribution in [0.2, 0.25) is 0 Å². The van der Waals surface area contributed by atoms with Crippen LogP contribution in [0, 0.1) is 0 Å². The minimum atomic E-state index is 0. The highest BCUT2D eigenvalue weighted by Crippen LogP contribution is 2.16. The molecule has 5 nitrogen and oxygen atoms in total. The maximum absolute atomic E-state index is 5.97. The summed E-state index contributed by atoms with van der Waals surface area (Å²) in [6.45, 7) is 9.44. The number of halogens is 1. The van der Waals surface area contributed by atoms with Gasteiger partial charge in [0.05, 0.1) is 19.8 Å². The van der Waals surface area contributed by atoms with Gasteiger partial charge in [0.2, 0.25) is 0 Å². The Labute approximate surface area is 156 Å². The fourth-order valence-corrected chi connectivity index (χ4v) is 2.58. The van der Waals surface area contributed by atoms with Gasteiger partial charge in [0.25, 0.3) is 0 Å². The smallest absolute Gasteiger partial charge is 0.188 e. The second-order valence-electron chi connectivity index (χ2n) is 6.28. The summed E-state index contributed by atoms with van der Waals surface area (Å²) in [5.41, 5.74) is 7.28. The van der Waals surface area contributed by atoms with E-state index in [1.807, 2.05) is 6.07 Å². The molecule has 1 aliphatic rings. The van der Waals surface area contributed by atoms with Crippen LogP contribution in [0.5, 0.6) is 0 Å². The minimum absolute atomic E-state index is 0. The molecule has 0 aliphatic carbocycles. The van der Waals surface area contributed by atoms with Gasteiger partial charge in [0.1, 0.15) is 0 Å². The third-order valence-electron chi connectivity index (χ3n) is 4.07. The second-order valence-corrected chi connectivity index (χ2v) is 6.28. The van der Waals surface area contributed by atoms with Crippen molar-refractivity contribution in [2.24, 2.45) is 10.7 Å². The molecule has 0 amide bonds. The molecule has 0 radical (unpaired) electrons. The highest BCUT2D eigenvalue weighted by Gasteiger charge is 2.27. The number of benzene rings is 1. The molecule has 1 fully saturated rings. The van der Waals surface area contributed by atoms with Gasteiger partial charge in [-0.25, -0.2) is 0 Å². The van der Waals surface area contributed by atoms with Gasteiger partial charge < -0.3 is 15.8 Å². The first-order valence-corrected chi connectivity index (χ1v) is 7.98. The maximum atomic E-state index is 5.97. The highest BCUT2D eigenvalue weighted by molar-refractivity contribution is 14.0. The van der Waals surface area contributed by atoms with Gasteiger partial charge in [-0.15, -0.1) is 24.0 Å². The Morgan fingerprint density at radius 1 is 1.26 bits per heavy atom. The van der Waals surface area contributed by atoms with E-state index in [-0.39, 0.29) is 29.5 Å². The van der Waals surface area contributed by atoms with Crippen LogP contribution in [0.25, 0.3) is 0 Å². The van der Waals surface area contributed by atoms with Gasteiger partial charge in [-0.05, 0) is 25.8 Å². The predicted octanol–water partition coefficient (Wildman–Crippen LogP) is 1.86. The van der Waals surface area contributed by atoms with E-state index in [9.17, 15) is 0 Å². The zero-order valence-electron chi connectivity index (χ0n) is 14.1. The van der Waals surface area contributed by atoms with Gasteiger partial charge in [-0.1, -0.05) is 30.3 Å². The van der Waals surface area contributed by atoms with E-state index in [2.05, 4.69) is 53.3 Å². The van der Waals surface area contributed by atoms with E-state index >= 15 is 0 Å². The monoisotopic (exact) mass is 432 g/mol. The molecule has 2 rings (SSSR count). The van der Waals surface area contributed by atoms with Crippen molar-refractivity contribution in [1.82, 2.24) is 10.2 Å². The van der Waals surface area contributed by atoms with Crippen LogP contribution in [-0.4, -0.2) is 55.8 Å². The van der Waals surface area contributed by atoms with Crippen molar-refractivity contribution in [3.05, 3.63) is 35.9 Å². The van der Waals surface area contributed by atoms with Crippen LogP contribution in [0.3, 0.4) is 0 Å². The summed E-state index contributed by atoms with van der Waals surface area (Å²) in [6, 6.07) is 10.4. The molecule has 23 heavy (non-hydrogen) atoms. The number of hydrogen-bond acceptors (Lipinski definition) is 3. The standard InChI is InChI=1S/C17H28N4O.HI/c1-17(2,21-10-12-22-13-11-21)14-20-16(18)19-9-8-15-6-4-3-5-7-15;/h3-7H,8-14H2,1-2H3,(H3,18,19,20);1H. The van der Waals surface area contributed by atoms with Crippen LogP contribution in [0.15, 0.2) is 35.3 Å². The second kappa shape index (κ2) is 10.1. The first-order chi connectivity index (χ1) is 10.6. The Morgan fingerprint density at radius 2 is 1.91 bits per heavy atom. The van der Waals surface area contributed by atoms with Crippen LogP contribution in [0.1, 0.15) is 19.4 Å². The number of rotatable bonds is 6. The first-order valence-electron chi connectivity index (χ1n) is 7.98. The topological polar surface area (TPSA) is 62.9 Å². The van der Waals surface area contributed by atoms with Crippen LogP contribution >= 0.6 is 24.0 Å². The molecule has 3 N–H and O–H groups in total. The molecular formula is C17H29IN4O. The molecule has 0 spiro atoms. The molecule has 130 valence electrons. The zero-order valence-corrected chi connectivity index (χ0v) is 16.5. The van der Waals surface area contributed by atoms with E-state index in [1.165, 1.54) is 5.56 Å². The third-order valence-corrected chi connectivity index (χ3v) is 4.07.